The Bertz CT molecular complexity index is 1750. The summed E-state index contributed by atoms with van der Waals surface area (Å²) in [5.74, 6) is 0.412. The lowest BCUT2D eigenvalue weighted by atomic mass is 10.0. The highest BCUT2D eigenvalue weighted by atomic mass is 32.2. The Morgan fingerprint density at radius 3 is 2.67 bits per heavy atom. The minimum Gasteiger partial charge on any atom is -0.356 e. The summed E-state index contributed by atoms with van der Waals surface area (Å²) in [5, 5.41) is 0. The number of nitrogens with zero attached hydrogens (tertiary/aromatic N) is 5. The van der Waals surface area contributed by atoms with Gasteiger partial charge in [0.25, 0.3) is 5.91 Å². The highest BCUT2D eigenvalue weighted by Gasteiger charge is 2.29. The van der Waals surface area contributed by atoms with E-state index in [1.165, 1.54) is 6.07 Å². The minimum absolute atomic E-state index is 0.0188. The van der Waals surface area contributed by atoms with Gasteiger partial charge in [-0.3, -0.25) is 19.1 Å². The quantitative estimate of drug-likeness (QED) is 0.393. The topological polar surface area (TPSA) is 133 Å². The van der Waals surface area contributed by atoms with Crippen molar-refractivity contribution in [1.82, 2.24) is 19.5 Å². The number of hydrogen-bond acceptors (Lipinski definition) is 7. The smallest absolute Gasteiger partial charge is 0.327 e. The Morgan fingerprint density at radius 2 is 1.90 bits per heavy atom. The number of imidazole rings is 1. The van der Waals surface area contributed by atoms with Crippen molar-refractivity contribution in [1.29, 1.82) is 0 Å². The number of nitrogens with one attached hydrogen (secondary N) is 2. The molecule has 0 bridgehead atoms. The van der Waals surface area contributed by atoms with Gasteiger partial charge in [-0.15, -0.1) is 0 Å². The zero-order chi connectivity index (χ0) is 27.3. The molecule has 3 aromatic heterocycles. The first-order chi connectivity index (χ1) is 18.7. The van der Waals surface area contributed by atoms with Gasteiger partial charge < -0.3 is 9.80 Å². The summed E-state index contributed by atoms with van der Waals surface area (Å²) in [6, 6.07) is 12.9. The molecule has 0 aliphatic carbocycles. The van der Waals surface area contributed by atoms with Crippen LogP contribution in [0, 0.1) is 6.92 Å². The van der Waals surface area contributed by atoms with Crippen molar-refractivity contribution >= 4 is 44.4 Å². The molecule has 0 unspecified atom stereocenters. The van der Waals surface area contributed by atoms with Crippen LogP contribution < -0.4 is 20.2 Å². The molecule has 0 radical (unpaired) electrons. The molecule has 0 atom stereocenters. The van der Waals surface area contributed by atoms with E-state index in [4.69, 9.17) is 0 Å². The first-order valence-electron chi connectivity index (χ1n) is 12.9. The number of carbonyl (C=O) groups is 1. The van der Waals surface area contributed by atoms with Crippen molar-refractivity contribution in [3.63, 3.8) is 0 Å². The predicted octanol–water partition coefficient (Wildman–Crippen LogP) is 2.84. The Hall–Kier alpha value is -4.19. The van der Waals surface area contributed by atoms with E-state index in [2.05, 4.69) is 25.7 Å². The van der Waals surface area contributed by atoms with E-state index >= 15 is 0 Å². The zero-order valence-electron chi connectivity index (χ0n) is 21.7. The number of benzene rings is 1. The number of aryl methyl sites for hydroxylation is 1. The molecule has 1 aromatic carbocycles. The highest BCUT2D eigenvalue weighted by molar-refractivity contribution is 7.92. The monoisotopic (exact) mass is 547 g/mol. The van der Waals surface area contributed by atoms with Gasteiger partial charge in [-0.25, -0.2) is 23.2 Å². The summed E-state index contributed by atoms with van der Waals surface area (Å²) >= 11 is 0. The van der Waals surface area contributed by atoms with Crippen molar-refractivity contribution in [3.05, 3.63) is 75.8 Å². The fourth-order valence-corrected chi connectivity index (χ4v) is 6.10. The second-order valence-electron chi connectivity index (χ2n) is 10.2. The average Bonchev–Trinajstić information content (AvgIpc) is 3.46. The van der Waals surface area contributed by atoms with Crippen molar-refractivity contribution in [2.45, 2.75) is 32.2 Å². The number of aromatic nitrogens is 4. The van der Waals surface area contributed by atoms with E-state index in [1.807, 2.05) is 36.1 Å². The number of anilines is 3. The molecule has 1 fully saturated rings. The average molecular weight is 548 g/mol. The molecule has 202 valence electrons. The maximum atomic E-state index is 13.7. The minimum atomic E-state index is -3.61. The molecule has 2 N–H and O–H groups in total. The Morgan fingerprint density at radius 1 is 1.10 bits per heavy atom. The summed E-state index contributed by atoms with van der Waals surface area (Å²) in [5.41, 5.74) is 4.65. The van der Waals surface area contributed by atoms with E-state index in [0.29, 0.717) is 49.5 Å². The van der Waals surface area contributed by atoms with Gasteiger partial charge in [-0.1, -0.05) is 17.7 Å². The third-order valence-corrected chi connectivity index (χ3v) is 7.95. The van der Waals surface area contributed by atoms with Gasteiger partial charge in [0.1, 0.15) is 11.6 Å². The number of aromatic amines is 1. The number of hydrogen-bond donors (Lipinski definition) is 2. The van der Waals surface area contributed by atoms with Crippen molar-refractivity contribution in [2.24, 2.45) is 0 Å². The third-order valence-electron chi connectivity index (χ3n) is 7.37. The van der Waals surface area contributed by atoms with Crippen molar-refractivity contribution in [2.75, 3.05) is 40.4 Å². The summed E-state index contributed by atoms with van der Waals surface area (Å²) in [4.78, 5) is 41.7. The molecule has 1 amide bonds. The summed E-state index contributed by atoms with van der Waals surface area (Å²) < 4.78 is 28.3. The molecule has 6 rings (SSSR count). The van der Waals surface area contributed by atoms with E-state index in [1.54, 1.807) is 21.7 Å². The standard InChI is InChI=1S/C27H29N7O4S/c1-17-5-6-21-18(14-17)7-13-33(21)26(35)19-15-23(31-39(2,37)38)29-24(16-19)32-11-8-20(9-12-32)34-22-4-3-10-28-25(22)30-27(34)36/h3-6,10,14-16,20H,7-9,11-13H2,1-2H3,(H,29,31)(H,28,30,36). The van der Waals surface area contributed by atoms with Gasteiger partial charge in [-0.2, -0.15) is 0 Å². The second kappa shape index (κ2) is 9.53. The Labute approximate surface area is 225 Å². The molecule has 4 aromatic rings. The zero-order valence-corrected chi connectivity index (χ0v) is 22.5. The Kier molecular flexibility index (Phi) is 6.13. The van der Waals surface area contributed by atoms with Crippen LogP contribution in [0.15, 0.2) is 53.5 Å². The number of H-pyrrole nitrogens is 1. The molecular formula is C27H29N7O4S. The molecule has 2 aliphatic heterocycles. The van der Waals surface area contributed by atoms with Crippen LogP contribution >= 0.6 is 0 Å². The molecule has 1 saturated heterocycles. The van der Waals surface area contributed by atoms with Crippen LogP contribution in [0.3, 0.4) is 0 Å². The maximum absolute atomic E-state index is 13.7. The number of pyridine rings is 2. The van der Waals surface area contributed by atoms with E-state index in [0.717, 1.165) is 35.0 Å². The number of rotatable bonds is 5. The SMILES string of the molecule is Cc1ccc2c(c1)CCN2C(=O)c1cc(NS(C)(=O)=O)nc(N2CCC(n3c(=O)[nH]c4ncccc43)CC2)c1. The molecule has 12 heteroatoms. The summed E-state index contributed by atoms with van der Waals surface area (Å²) in [6.45, 7) is 3.75. The first kappa shape index (κ1) is 25.1. The molecule has 39 heavy (non-hydrogen) atoms. The second-order valence-corrected chi connectivity index (χ2v) is 12.0. The Balaban J connectivity index is 1.28. The van der Waals surface area contributed by atoms with Gasteiger partial charge >= 0.3 is 5.69 Å². The fourth-order valence-electron chi connectivity index (χ4n) is 5.62. The molecule has 5 heterocycles. The maximum Gasteiger partial charge on any atom is 0.327 e. The van der Waals surface area contributed by atoms with Crippen LogP contribution in [-0.4, -0.2) is 59.7 Å². The van der Waals surface area contributed by atoms with Gasteiger partial charge in [-0.05, 0) is 62.1 Å². The predicted molar refractivity (Wildman–Crippen MR) is 150 cm³/mol. The van der Waals surface area contributed by atoms with Crippen LogP contribution in [0.1, 0.15) is 40.4 Å². The normalized spacial score (nSPS) is 16.1. The number of piperidine rings is 1. The van der Waals surface area contributed by atoms with Gasteiger partial charge in [0.2, 0.25) is 10.0 Å². The molecule has 11 nitrogen and oxygen atoms in total. The lowest BCUT2D eigenvalue weighted by Gasteiger charge is -2.33. The van der Waals surface area contributed by atoms with Crippen molar-refractivity contribution < 1.29 is 13.2 Å². The largest absolute Gasteiger partial charge is 0.356 e. The third kappa shape index (κ3) is 4.87. The van der Waals surface area contributed by atoms with Crippen LogP contribution in [0.25, 0.3) is 11.2 Å². The van der Waals surface area contributed by atoms with E-state index in [-0.39, 0.29) is 23.5 Å². The lowest BCUT2D eigenvalue weighted by Crippen LogP contribution is -2.37. The van der Waals surface area contributed by atoms with E-state index < -0.39 is 10.0 Å². The van der Waals surface area contributed by atoms with Gasteiger partial charge in [0, 0.05) is 43.1 Å². The fraction of sp³-hybridized carbons (Fsp3) is 0.333. The molecule has 2 aliphatic rings. The molecular weight excluding hydrogens is 518 g/mol. The highest BCUT2D eigenvalue weighted by Crippen LogP contribution is 2.32. The lowest BCUT2D eigenvalue weighted by molar-refractivity contribution is 0.0989. The van der Waals surface area contributed by atoms with Crippen LogP contribution in [0.2, 0.25) is 0 Å². The number of carbonyl (C=O) groups excluding carboxylic acids is 1. The number of sulfonamides is 1. The summed E-state index contributed by atoms with van der Waals surface area (Å²) in [7, 11) is -3.61. The van der Waals surface area contributed by atoms with Gasteiger partial charge in [0.15, 0.2) is 5.65 Å². The molecule has 0 spiro atoms. The van der Waals surface area contributed by atoms with E-state index in [9.17, 15) is 18.0 Å². The van der Waals surface area contributed by atoms with Crippen LogP contribution in [-0.2, 0) is 16.4 Å². The van der Waals surface area contributed by atoms with Crippen LogP contribution in [0.5, 0.6) is 0 Å². The van der Waals surface area contributed by atoms with Crippen LogP contribution in [0.4, 0.5) is 17.3 Å². The van der Waals surface area contributed by atoms with Gasteiger partial charge in [0.05, 0.1) is 11.8 Å². The number of amides is 1. The number of fused-ring (bicyclic) bond motifs is 2. The first-order valence-corrected chi connectivity index (χ1v) is 14.8. The summed E-state index contributed by atoms with van der Waals surface area (Å²) in [6.07, 6.45) is 4.83. The molecule has 0 saturated carbocycles. The van der Waals surface area contributed by atoms with Crippen molar-refractivity contribution in [3.8, 4) is 0 Å².